The van der Waals surface area contributed by atoms with Crippen molar-refractivity contribution in [1.29, 1.82) is 0 Å². The minimum absolute atomic E-state index is 0.454. The zero-order chi connectivity index (χ0) is 18.3. The number of fused-ring (bicyclic) bond motifs is 1. The van der Waals surface area contributed by atoms with Crippen LogP contribution in [0, 0.1) is 6.92 Å². The molecule has 2 aromatic carbocycles. The fraction of sp³-hybridized carbons (Fsp3) is 0.143. The van der Waals surface area contributed by atoms with E-state index in [9.17, 15) is 0 Å². The van der Waals surface area contributed by atoms with Gasteiger partial charge in [0.2, 0.25) is 0 Å². The fourth-order valence-electron chi connectivity index (χ4n) is 3.50. The van der Waals surface area contributed by atoms with Gasteiger partial charge in [0.05, 0.1) is 7.11 Å². The van der Waals surface area contributed by atoms with Gasteiger partial charge in [-0.1, -0.05) is 40.2 Å². The second-order valence-corrected chi connectivity index (χ2v) is 7.27. The Bertz CT molecular complexity index is 1010. The van der Waals surface area contributed by atoms with Crippen molar-refractivity contribution in [1.82, 2.24) is 4.98 Å². The van der Waals surface area contributed by atoms with Crippen molar-refractivity contribution in [2.45, 2.75) is 12.5 Å². The lowest BCUT2D eigenvalue weighted by atomic mass is 9.78. The molecule has 26 heavy (non-hydrogen) atoms. The second kappa shape index (κ2) is 6.25. The van der Waals surface area contributed by atoms with Crippen LogP contribution in [0.2, 0.25) is 0 Å². The molecular formula is C21H18BrN3O. The van der Waals surface area contributed by atoms with Gasteiger partial charge in [0.25, 0.3) is 0 Å². The van der Waals surface area contributed by atoms with Crippen LogP contribution in [0.4, 0.5) is 0 Å². The Balaban J connectivity index is 2.05. The molecule has 1 aliphatic heterocycles. The summed E-state index contributed by atoms with van der Waals surface area (Å²) in [6.07, 6.45) is 1.83. The molecule has 2 heterocycles. The van der Waals surface area contributed by atoms with Gasteiger partial charge in [-0.15, -0.1) is 0 Å². The summed E-state index contributed by atoms with van der Waals surface area (Å²) in [6, 6.07) is 18.3. The predicted octanol–water partition coefficient (Wildman–Crippen LogP) is 4.17. The number of amidine groups is 1. The summed E-state index contributed by atoms with van der Waals surface area (Å²) in [5, 5.41) is 0. The third-order valence-corrected chi connectivity index (χ3v) is 5.19. The number of hydrogen-bond donors (Lipinski definition) is 1. The first-order chi connectivity index (χ1) is 12.5. The van der Waals surface area contributed by atoms with Gasteiger partial charge in [-0.25, -0.2) is 4.99 Å². The molecule has 0 saturated heterocycles. The third-order valence-electron chi connectivity index (χ3n) is 4.70. The molecule has 1 unspecified atom stereocenters. The molecule has 2 N–H and O–H groups in total. The average Bonchev–Trinajstić information content (AvgIpc) is 2.95. The summed E-state index contributed by atoms with van der Waals surface area (Å²) >= 11 is 3.58. The number of nitrogens with two attached hydrogens (primary N) is 1. The van der Waals surface area contributed by atoms with E-state index in [4.69, 9.17) is 15.5 Å². The van der Waals surface area contributed by atoms with Gasteiger partial charge in [0, 0.05) is 16.2 Å². The summed E-state index contributed by atoms with van der Waals surface area (Å²) in [6.45, 7) is 2.03. The maximum Gasteiger partial charge on any atom is 0.146 e. The van der Waals surface area contributed by atoms with Gasteiger partial charge in [0.15, 0.2) is 0 Å². The smallest absolute Gasteiger partial charge is 0.146 e. The van der Waals surface area contributed by atoms with Crippen molar-refractivity contribution in [3.05, 3.63) is 93.2 Å². The van der Waals surface area contributed by atoms with Crippen LogP contribution >= 0.6 is 15.9 Å². The van der Waals surface area contributed by atoms with Gasteiger partial charge < -0.3 is 10.5 Å². The molecule has 0 radical (unpaired) electrons. The summed E-state index contributed by atoms with van der Waals surface area (Å²) in [4.78, 5) is 9.49. The number of ether oxygens (including phenoxy) is 1. The lowest BCUT2D eigenvalue weighted by Gasteiger charge is -2.29. The van der Waals surface area contributed by atoms with E-state index in [1.165, 1.54) is 0 Å². The normalized spacial score (nSPS) is 18.3. The van der Waals surface area contributed by atoms with Crippen LogP contribution in [-0.4, -0.2) is 17.9 Å². The molecule has 0 aliphatic carbocycles. The fourth-order valence-corrected chi connectivity index (χ4v) is 3.89. The van der Waals surface area contributed by atoms with Gasteiger partial charge in [0.1, 0.15) is 22.8 Å². The maximum atomic E-state index is 6.29. The van der Waals surface area contributed by atoms with E-state index in [0.29, 0.717) is 5.84 Å². The lowest BCUT2D eigenvalue weighted by molar-refractivity contribution is 0.414. The van der Waals surface area contributed by atoms with Crippen LogP contribution in [-0.2, 0) is 5.54 Å². The first kappa shape index (κ1) is 16.8. The third kappa shape index (κ3) is 2.51. The minimum atomic E-state index is -0.728. The van der Waals surface area contributed by atoms with Gasteiger partial charge in [-0.2, -0.15) is 0 Å². The van der Waals surface area contributed by atoms with Crippen molar-refractivity contribution in [3.63, 3.8) is 0 Å². The summed E-state index contributed by atoms with van der Waals surface area (Å²) in [7, 11) is 1.66. The molecule has 1 atom stereocenters. The van der Waals surface area contributed by atoms with E-state index in [0.717, 1.165) is 38.2 Å². The summed E-state index contributed by atoms with van der Waals surface area (Å²) < 4.78 is 6.31. The molecule has 4 rings (SSSR count). The minimum Gasteiger partial charge on any atom is -0.497 e. The zero-order valence-corrected chi connectivity index (χ0v) is 16.1. The topological polar surface area (TPSA) is 60.5 Å². The highest BCUT2D eigenvalue weighted by molar-refractivity contribution is 9.10. The Morgan fingerprint density at radius 1 is 1.04 bits per heavy atom. The maximum absolute atomic E-state index is 6.29. The molecule has 0 fully saturated rings. The second-order valence-electron chi connectivity index (χ2n) is 6.36. The molecule has 3 aromatic rings. The monoisotopic (exact) mass is 407 g/mol. The number of rotatable bonds is 3. The van der Waals surface area contributed by atoms with Crippen LogP contribution in [0.3, 0.4) is 0 Å². The molecule has 0 amide bonds. The Kier molecular flexibility index (Phi) is 4.04. The molecule has 1 aromatic heterocycles. The van der Waals surface area contributed by atoms with Crippen molar-refractivity contribution >= 4 is 21.8 Å². The standard InChI is InChI=1S/C21H18BrN3O/c1-13-10-18-19(24-12-13)20(23)25-21(18,15-4-3-5-16(22)11-15)14-6-8-17(26-2)9-7-14/h3-12H,1-2H3,(H2,23,25). The molecule has 0 bridgehead atoms. The Morgan fingerprint density at radius 3 is 2.50 bits per heavy atom. The average molecular weight is 408 g/mol. The predicted molar refractivity (Wildman–Crippen MR) is 107 cm³/mol. The van der Waals surface area contributed by atoms with Gasteiger partial charge in [-0.3, -0.25) is 4.98 Å². The summed E-state index contributed by atoms with van der Waals surface area (Å²) in [5.41, 5.74) is 10.4. The lowest BCUT2D eigenvalue weighted by Crippen LogP contribution is -2.25. The number of methoxy groups -OCH3 is 1. The summed E-state index contributed by atoms with van der Waals surface area (Å²) in [5.74, 6) is 1.26. The molecule has 1 aliphatic rings. The van der Waals surface area contributed by atoms with Crippen LogP contribution in [0.25, 0.3) is 0 Å². The number of aliphatic imine (C=N–C) groups is 1. The van der Waals surface area contributed by atoms with Crippen molar-refractivity contribution in [3.8, 4) is 5.75 Å². The highest BCUT2D eigenvalue weighted by Crippen LogP contribution is 2.46. The highest BCUT2D eigenvalue weighted by atomic mass is 79.9. The highest BCUT2D eigenvalue weighted by Gasteiger charge is 2.43. The van der Waals surface area contributed by atoms with Crippen molar-refractivity contribution < 1.29 is 4.74 Å². The van der Waals surface area contributed by atoms with E-state index in [1.807, 2.05) is 49.5 Å². The van der Waals surface area contributed by atoms with E-state index >= 15 is 0 Å². The van der Waals surface area contributed by atoms with Crippen LogP contribution < -0.4 is 10.5 Å². The Hall–Kier alpha value is -2.66. The van der Waals surface area contributed by atoms with Crippen LogP contribution in [0.5, 0.6) is 5.75 Å². The van der Waals surface area contributed by atoms with Gasteiger partial charge in [-0.05, 0) is 53.9 Å². The first-order valence-corrected chi connectivity index (χ1v) is 9.07. The number of pyridine rings is 1. The zero-order valence-electron chi connectivity index (χ0n) is 14.5. The SMILES string of the molecule is COc1ccc(C2(c3cccc(Br)c3)N=C(N)c3ncc(C)cc32)cc1. The molecule has 130 valence electrons. The number of halogens is 1. The van der Waals surface area contributed by atoms with Crippen molar-refractivity contribution in [2.75, 3.05) is 7.11 Å². The molecule has 5 heteroatoms. The number of aromatic nitrogens is 1. The molecular weight excluding hydrogens is 390 g/mol. The largest absolute Gasteiger partial charge is 0.497 e. The number of nitrogens with zero attached hydrogens (tertiary/aromatic N) is 2. The number of aryl methyl sites for hydroxylation is 1. The Morgan fingerprint density at radius 2 is 1.81 bits per heavy atom. The number of benzene rings is 2. The molecule has 0 saturated carbocycles. The molecule has 0 spiro atoms. The van der Waals surface area contributed by atoms with Gasteiger partial charge >= 0.3 is 0 Å². The Labute approximate surface area is 160 Å². The first-order valence-electron chi connectivity index (χ1n) is 8.28. The van der Waals surface area contributed by atoms with E-state index in [1.54, 1.807) is 7.11 Å². The van der Waals surface area contributed by atoms with Crippen LogP contribution in [0.15, 0.2) is 70.3 Å². The van der Waals surface area contributed by atoms with Crippen LogP contribution in [0.1, 0.15) is 27.9 Å². The van der Waals surface area contributed by atoms with E-state index < -0.39 is 5.54 Å². The van der Waals surface area contributed by atoms with E-state index in [-0.39, 0.29) is 0 Å². The molecule has 4 nitrogen and oxygen atoms in total. The quantitative estimate of drug-likeness (QED) is 0.708. The van der Waals surface area contributed by atoms with E-state index in [2.05, 4.69) is 39.1 Å². The van der Waals surface area contributed by atoms with Crippen molar-refractivity contribution in [2.24, 2.45) is 10.7 Å². The number of hydrogen-bond acceptors (Lipinski definition) is 4.